The quantitative estimate of drug-likeness (QED) is 0.716. The Balaban J connectivity index is 2.84. The second-order valence-electron chi connectivity index (χ2n) is 2.31. The zero-order valence-electron chi connectivity index (χ0n) is 7.24. The van der Waals surface area contributed by atoms with Crippen LogP contribution in [-0.2, 0) is 10.8 Å². The third kappa shape index (κ3) is 2.08. The molecule has 1 rings (SSSR count). The van der Waals surface area contributed by atoms with Crippen molar-refractivity contribution in [3.05, 3.63) is 24.3 Å². The van der Waals surface area contributed by atoms with Gasteiger partial charge in [-0.2, -0.15) is 0 Å². The van der Waals surface area contributed by atoms with Crippen molar-refractivity contribution in [3.63, 3.8) is 0 Å². The van der Waals surface area contributed by atoms with Crippen molar-refractivity contribution in [2.45, 2.75) is 11.8 Å². The summed E-state index contributed by atoms with van der Waals surface area (Å²) in [5, 5.41) is 0. The van der Waals surface area contributed by atoms with Gasteiger partial charge in [-0.25, -0.2) is 0 Å². The van der Waals surface area contributed by atoms with E-state index < -0.39 is 10.8 Å². The molecule has 0 radical (unpaired) electrons. The number of rotatable bonds is 3. The first-order valence-electron chi connectivity index (χ1n) is 3.80. The highest BCUT2D eigenvalue weighted by molar-refractivity contribution is 7.85. The van der Waals surface area contributed by atoms with Crippen LogP contribution >= 0.6 is 0 Å². The van der Waals surface area contributed by atoms with Crippen LogP contribution in [-0.4, -0.2) is 17.1 Å². The van der Waals surface area contributed by atoms with E-state index in [1.165, 1.54) is 0 Å². The maximum atomic E-state index is 11.3. The lowest BCUT2D eigenvalue weighted by atomic mass is 10.3. The molecular formula is C9H12O2S. The number of ether oxygens (including phenoxy) is 1. The van der Waals surface area contributed by atoms with E-state index in [1.807, 2.05) is 31.2 Å². The van der Waals surface area contributed by atoms with E-state index in [1.54, 1.807) is 7.11 Å². The predicted molar refractivity (Wildman–Crippen MR) is 49.9 cm³/mol. The minimum absolute atomic E-state index is 0.659. The maximum absolute atomic E-state index is 11.3. The Labute approximate surface area is 75.0 Å². The van der Waals surface area contributed by atoms with Crippen molar-refractivity contribution in [3.8, 4) is 5.75 Å². The number of hydrogen-bond donors (Lipinski definition) is 0. The van der Waals surface area contributed by atoms with Gasteiger partial charge in [0.15, 0.2) is 0 Å². The van der Waals surface area contributed by atoms with E-state index in [-0.39, 0.29) is 0 Å². The highest BCUT2D eigenvalue weighted by Crippen LogP contribution is 2.13. The van der Waals surface area contributed by atoms with Gasteiger partial charge in [-0.05, 0) is 24.3 Å². The molecule has 0 saturated heterocycles. The molecule has 0 aliphatic heterocycles. The normalized spacial score (nSPS) is 12.5. The van der Waals surface area contributed by atoms with Gasteiger partial charge in [-0.1, -0.05) is 6.92 Å². The zero-order valence-corrected chi connectivity index (χ0v) is 8.06. The molecule has 0 bridgehead atoms. The van der Waals surface area contributed by atoms with Gasteiger partial charge in [-0.3, -0.25) is 4.21 Å². The van der Waals surface area contributed by atoms with Gasteiger partial charge in [0.1, 0.15) is 5.75 Å². The Bertz CT molecular complexity index is 266. The molecule has 0 aliphatic carbocycles. The monoisotopic (exact) mass is 184 g/mol. The fourth-order valence-electron chi connectivity index (χ4n) is 0.894. The standard InChI is InChI=1S/C9H12O2S/c1-3-12(10)9-6-4-8(11-2)5-7-9/h4-7H,3H2,1-2H3. The SMILES string of the molecule is CCS(=O)c1ccc(OC)cc1. The molecule has 1 aromatic rings. The molecule has 66 valence electrons. The van der Waals surface area contributed by atoms with Crippen molar-refractivity contribution in [2.75, 3.05) is 12.9 Å². The van der Waals surface area contributed by atoms with Gasteiger partial charge in [0, 0.05) is 10.6 Å². The van der Waals surface area contributed by atoms with Gasteiger partial charge in [0.2, 0.25) is 0 Å². The van der Waals surface area contributed by atoms with E-state index in [4.69, 9.17) is 4.74 Å². The molecule has 1 atom stereocenters. The van der Waals surface area contributed by atoms with Crippen LogP contribution in [0.25, 0.3) is 0 Å². The summed E-state index contributed by atoms with van der Waals surface area (Å²) >= 11 is 0. The lowest BCUT2D eigenvalue weighted by Gasteiger charge is -2.00. The third-order valence-electron chi connectivity index (χ3n) is 1.58. The van der Waals surface area contributed by atoms with Crippen LogP contribution in [0.3, 0.4) is 0 Å². The number of hydrogen-bond acceptors (Lipinski definition) is 2. The van der Waals surface area contributed by atoms with Crippen LogP contribution in [0.1, 0.15) is 6.92 Å². The van der Waals surface area contributed by atoms with Gasteiger partial charge < -0.3 is 4.74 Å². The van der Waals surface area contributed by atoms with Gasteiger partial charge in [0.05, 0.1) is 17.9 Å². The largest absolute Gasteiger partial charge is 0.497 e. The number of benzene rings is 1. The van der Waals surface area contributed by atoms with Crippen LogP contribution in [0.2, 0.25) is 0 Å². The van der Waals surface area contributed by atoms with E-state index in [0.29, 0.717) is 5.75 Å². The molecule has 12 heavy (non-hydrogen) atoms. The summed E-state index contributed by atoms with van der Waals surface area (Å²) in [5.41, 5.74) is 0. The Kier molecular flexibility index (Phi) is 3.29. The lowest BCUT2D eigenvalue weighted by molar-refractivity contribution is 0.414. The molecule has 1 unspecified atom stereocenters. The first kappa shape index (κ1) is 9.26. The van der Waals surface area contributed by atoms with Crippen molar-refractivity contribution >= 4 is 10.8 Å². The Hall–Kier alpha value is -0.830. The van der Waals surface area contributed by atoms with Gasteiger partial charge >= 0.3 is 0 Å². The smallest absolute Gasteiger partial charge is 0.118 e. The summed E-state index contributed by atoms with van der Waals surface area (Å²) in [5.74, 6) is 1.46. The first-order valence-corrected chi connectivity index (χ1v) is 5.12. The minimum atomic E-state index is -0.856. The maximum Gasteiger partial charge on any atom is 0.118 e. The van der Waals surface area contributed by atoms with Crippen molar-refractivity contribution in [1.82, 2.24) is 0 Å². The molecule has 0 N–H and O–H groups in total. The van der Waals surface area contributed by atoms with E-state index >= 15 is 0 Å². The molecule has 0 heterocycles. The molecule has 3 heteroatoms. The molecule has 0 aliphatic rings. The van der Waals surface area contributed by atoms with Crippen molar-refractivity contribution < 1.29 is 8.95 Å². The summed E-state index contributed by atoms with van der Waals surface area (Å²) in [6.45, 7) is 1.90. The second-order valence-corrected chi connectivity index (χ2v) is 4.05. The molecule has 0 spiro atoms. The van der Waals surface area contributed by atoms with E-state index in [9.17, 15) is 4.21 Å². The highest BCUT2D eigenvalue weighted by Gasteiger charge is 1.99. The Morgan fingerprint density at radius 3 is 2.33 bits per heavy atom. The predicted octanol–water partition coefficient (Wildman–Crippen LogP) is 1.82. The molecule has 0 saturated carbocycles. The summed E-state index contributed by atoms with van der Waals surface area (Å²) in [7, 11) is 0.761. The van der Waals surface area contributed by atoms with Gasteiger partial charge in [0.25, 0.3) is 0 Å². The molecule has 2 nitrogen and oxygen atoms in total. The van der Waals surface area contributed by atoms with Crippen molar-refractivity contribution in [2.24, 2.45) is 0 Å². The van der Waals surface area contributed by atoms with Crippen LogP contribution in [0.5, 0.6) is 5.75 Å². The lowest BCUT2D eigenvalue weighted by Crippen LogP contribution is -1.93. The average molecular weight is 184 g/mol. The molecule has 1 aromatic carbocycles. The summed E-state index contributed by atoms with van der Waals surface area (Å²) in [6, 6.07) is 7.31. The molecule has 0 fully saturated rings. The molecule has 0 amide bonds. The Morgan fingerprint density at radius 2 is 1.92 bits per heavy atom. The van der Waals surface area contributed by atoms with E-state index in [0.717, 1.165) is 10.6 Å². The zero-order chi connectivity index (χ0) is 8.97. The third-order valence-corrected chi connectivity index (χ3v) is 2.91. The minimum Gasteiger partial charge on any atom is -0.497 e. The summed E-state index contributed by atoms with van der Waals surface area (Å²) in [4.78, 5) is 0.860. The van der Waals surface area contributed by atoms with Crippen LogP contribution < -0.4 is 4.74 Å². The summed E-state index contributed by atoms with van der Waals surface area (Å²) < 4.78 is 16.3. The van der Waals surface area contributed by atoms with Crippen LogP contribution in [0.15, 0.2) is 29.2 Å². The van der Waals surface area contributed by atoms with Crippen LogP contribution in [0, 0.1) is 0 Å². The highest BCUT2D eigenvalue weighted by atomic mass is 32.2. The first-order chi connectivity index (χ1) is 5.77. The summed E-state index contributed by atoms with van der Waals surface area (Å²) in [6.07, 6.45) is 0. The van der Waals surface area contributed by atoms with Crippen LogP contribution in [0.4, 0.5) is 0 Å². The fourth-order valence-corrected chi connectivity index (χ4v) is 1.67. The topological polar surface area (TPSA) is 26.3 Å². The average Bonchev–Trinajstić information content (AvgIpc) is 2.17. The van der Waals surface area contributed by atoms with Gasteiger partial charge in [-0.15, -0.1) is 0 Å². The molecule has 0 aromatic heterocycles. The Morgan fingerprint density at radius 1 is 1.33 bits per heavy atom. The van der Waals surface area contributed by atoms with Crippen molar-refractivity contribution in [1.29, 1.82) is 0 Å². The second kappa shape index (κ2) is 4.26. The number of methoxy groups -OCH3 is 1. The fraction of sp³-hybridized carbons (Fsp3) is 0.333. The van der Waals surface area contributed by atoms with E-state index in [2.05, 4.69) is 0 Å². The molecular weight excluding hydrogens is 172 g/mol.